The zero-order valence-corrected chi connectivity index (χ0v) is 38.2. The fraction of sp³-hybridized carbons (Fsp3) is 0.740. The number of esters is 2. The molecule has 2 N–H and O–H groups in total. The summed E-state index contributed by atoms with van der Waals surface area (Å²) in [5, 5.41) is 21.5. The topological polar surface area (TPSA) is 143 Å². The molecular weight excluding hydrogens is 757 g/mol. The summed E-state index contributed by atoms with van der Waals surface area (Å²) in [4.78, 5) is 57.7. The smallest absolute Gasteiger partial charge is 0.334 e. The van der Waals surface area contributed by atoms with Crippen LogP contribution in [0, 0.1) is 0 Å². The van der Waals surface area contributed by atoms with Gasteiger partial charge in [-0.25, -0.2) is 9.59 Å². The molecule has 0 unspecified atom stereocenters. The lowest BCUT2D eigenvalue weighted by molar-refractivity contribution is -0.145. The number of allylic oxidation sites excluding steroid dienone is 2. The largest absolute Gasteiger partial charge is 0.478 e. The molecule has 0 radical (unpaired) electrons. The minimum absolute atomic E-state index is 0.0253. The van der Waals surface area contributed by atoms with Crippen molar-refractivity contribution in [1.82, 2.24) is 9.88 Å². The van der Waals surface area contributed by atoms with Gasteiger partial charge in [-0.1, -0.05) is 174 Å². The van der Waals surface area contributed by atoms with Crippen molar-refractivity contribution in [3.8, 4) is 0 Å². The van der Waals surface area contributed by atoms with Crippen LogP contribution in [-0.2, 0) is 34.1 Å². The third-order valence-corrected chi connectivity index (χ3v) is 12.3. The van der Waals surface area contributed by atoms with E-state index in [1.54, 1.807) is 37.1 Å². The Bertz CT molecular complexity index is 1400. The van der Waals surface area contributed by atoms with Crippen molar-refractivity contribution in [2.75, 3.05) is 19.8 Å². The number of rotatable bonds is 37. The summed E-state index contributed by atoms with van der Waals surface area (Å²) >= 11 is 0. The maximum atomic E-state index is 13.2. The summed E-state index contributed by atoms with van der Waals surface area (Å²) in [5.74, 6) is -3.27. The lowest BCUT2D eigenvalue weighted by Crippen LogP contribution is -2.47. The van der Waals surface area contributed by atoms with Gasteiger partial charge in [0.15, 0.2) is 0 Å². The molecule has 0 atom stereocenters. The molecule has 1 aliphatic rings. The SMILES string of the molecule is CCCCCCCCCCCCCCCC(=O)OCCN1C(C)=C(C(=O)O)C(CCOC(=O)CCCCCCCCCCCCCCC)(c2cccnc2)C(C(=O)O)=C1C. The number of aromatic nitrogens is 1. The summed E-state index contributed by atoms with van der Waals surface area (Å²) in [6.07, 6.45) is 34.9. The quantitative estimate of drug-likeness (QED) is 0.0491. The van der Waals surface area contributed by atoms with Gasteiger partial charge >= 0.3 is 23.9 Å². The van der Waals surface area contributed by atoms with E-state index < -0.39 is 17.4 Å². The van der Waals surface area contributed by atoms with Crippen molar-refractivity contribution in [3.05, 3.63) is 52.6 Å². The first kappa shape index (κ1) is 52.4. The molecule has 340 valence electrons. The van der Waals surface area contributed by atoms with Gasteiger partial charge in [-0.2, -0.15) is 0 Å². The van der Waals surface area contributed by atoms with Crippen LogP contribution in [0.5, 0.6) is 0 Å². The van der Waals surface area contributed by atoms with Crippen molar-refractivity contribution in [2.45, 2.75) is 219 Å². The summed E-state index contributed by atoms with van der Waals surface area (Å²) < 4.78 is 11.2. The van der Waals surface area contributed by atoms with E-state index in [1.165, 1.54) is 128 Å². The van der Waals surface area contributed by atoms with Gasteiger partial charge in [0, 0.05) is 43.1 Å². The molecule has 0 saturated carbocycles. The predicted molar refractivity (Wildman–Crippen MR) is 240 cm³/mol. The number of aliphatic carboxylic acids is 2. The number of ether oxygens (including phenoxy) is 2. The van der Waals surface area contributed by atoms with Gasteiger partial charge in [0.2, 0.25) is 0 Å². The Kier molecular flexibility index (Phi) is 28.0. The number of nitrogens with zero attached hydrogens (tertiary/aromatic N) is 2. The van der Waals surface area contributed by atoms with E-state index in [2.05, 4.69) is 18.8 Å². The molecule has 60 heavy (non-hydrogen) atoms. The van der Waals surface area contributed by atoms with Crippen LogP contribution in [0.1, 0.15) is 219 Å². The maximum absolute atomic E-state index is 13.2. The van der Waals surface area contributed by atoms with E-state index in [0.717, 1.165) is 38.5 Å². The molecule has 2 heterocycles. The molecule has 1 aliphatic heterocycles. The summed E-state index contributed by atoms with van der Waals surface area (Å²) in [6.45, 7) is 7.67. The molecule has 10 nitrogen and oxygen atoms in total. The number of carbonyl (C=O) groups excluding carboxylic acids is 2. The van der Waals surface area contributed by atoms with Gasteiger partial charge in [0.05, 0.1) is 29.7 Å². The highest BCUT2D eigenvalue weighted by molar-refractivity contribution is 6.00. The zero-order chi connectivity index (χ0) is 43.9. The van der Waals surface area contributed by atoms with Crippen LogP contribution in [0.3, 0.4) is 0 Å². The van der Waals surface area contributed by atoms with Gasteiger partial charge in [0.1, 0.15) is 6.61 Å². The molecule has 0 aromatic carbocycles. The van der Waals surface area contributed by atoms with E-state index in [4.69, 9.17) is 9.47 Å². The van der Waals surface area contributed by atoms with Crippen molar-refractivity contribution in [3.63, 3.8) is 0 Å². The van der Waals surface area contributed by atoms with Crippen LogP contribution in [-0.4, -0.2) is 63.7 Å². The average Bonchev–Trinajstić information content (AvgIpc) is 3.22. The highest BCUT2D eigenvalue weighted by Crippen LogP contribution is 2.49. The van der Waals surface area contributed by atoms with Crippen molar-refractivity contribution < 1.29 is 38.9 Å². The highest BCUT2D eigenvalue weighted by Gasteiger charge is 2.52. The minimum atomic E-state index is -1.66. The van der Waals surface area contributed by atoms with Crippen molar-refractivity contribution in [1.29, 1.82) is 0 Å². The number of pyridine rings is 1. The zero-order valence-electron chi connectivity index (χ0n) is 38.2. The van der Waals surface area contributed by atoms with E-state index in [-0.39, 0.29) is 55.7 Å². The molecule has 0 aliphatic carbocycles. The highest BCUT2D eigenvalue weighted by atomic mass is 16.5. The fourth-order valence-electron chi connectivity index (χ4n) is 8.86. The van der Waals surface area contributed by atoms with Gasteiger partial charge in [-0.15, -0.1) is 0 Å². The van der Waals surface area contributed by atoms with Gasteiger partial charge in [-0.05, 0) is 38.3 Å². The third-order valence-electron chi connectivity index (χ3n) is 12.3. The summed E-state index contributed by atoms with van der Waals surface area (Å²) in [5.41, 5.74) is -0.875. The second kappa shape index (κ2) is 32.1. The first-order valence-electron chi connectivity index (χ1n) is 24.0. The Hall–Kier alpha value is -3.69. The van der Waals surface area contributed by atoms with Crippen LogP contribution in [0.2, 0.25) is 0 Å². The molecule has 0 spiro atoms. The Morgan fingerprint density at radius 3 is 1.28 bits per heavy atom. The van der Waals surface area contributed by atoms with Crippen LogP contribution in [0.4, 0.5) is 0 Å². The average molecular weight is 839 g/mol. The first-order chi connectivity index (χ1) is 29.1. The third kappa shape index (κ3) is 19.4. The van der Waals surface area contributed by atoms with E-state index >= 15 is 0 Å². The molecule has 1 aromatic rings. The van der Waals surface area contributed by atoms with Crippen molar-refractivity contribution >= 4 is 23.9 Å². The molecule has 1 aromatic heterocycles. The van der Waals surface area contributed by atoms with Gasteiger partial charge in [0.25, 0.3) is 0 Å². The van der Waals surface area contributed by atoms with Crippen LogP contribution >= 0.6 is 0 Å². The fourth-order valence-corrected chi connectivity index (χ4v) is 8.86. The number of unbranched alkanes of at least 4 members (excludes halogenated alkanes) is 24. The molecule has 10 heteroatoms. The lowest BCUT2D eigenvalue weighted by Gasteiger charge is -2.44. The van der Waals surface area contributed by atoms with Crippen LogP contribution in [0.25, 0.3) is 0 Å². The normalized spacial score (nSPS) is 13.8. The number of carboxylic acid groups (broad SMARTS) is 2. The summed E-state index contributed by atoms with van der Waals surface area (Å²) in [6, 6.07) is 3.31. The second-order valence-corrected chi connectivity index (χ2v) is 17.0. The van der Waals surface area contributed by atoms with Crippen LogP contribution < -0.4 is 0 Å². The molecular formula is C50H82N2O8. The number of carbonyl (C=O) groups is 4. The number of hydrogen-bond acceptors (Lipinski definition) is 8. The maximum Gasteiger partial charge on any atom is 0.334 e. The van der Waals surface area contributed by atoms with E-state index in [1.807, 2.05) is 0 Å². The Labute approximate surface area is 363 Å². The first-order valence-corrected chi connectivity index (χ1v) is 24.0. The Morgan fingerprint density at radius 1 is 0.567 bits per heavy atom. The second-order valence-electron chi connectivity index (χ2n) is 17.0. The van der Waals surface area contributed by atoms with Crippen molar-refractivity contribution in [2.24, 2.45) is 0 Å². The molecule has 0 amide bonds. The molecule has 2 rings (SSSR count). The van der Waals surface area contributed by atoms with Crippen LogP contribution in [0.15, 0.2) is 47.1 Å². The number of carboxylic acids is 2. The molecule has 0 fully saturated rings. The van der Waals surface area contributed by atoms with Gasteiger partial charge < -0.3 is 24.6 Å². The Balaban J connectivity index is 1.92. The standard InChI is InChI=1S/C50H82N2O8/c1-5-7-9-11-13-15-17-19-21-23-25-27-29-33-44(53)59-38-35-50(43-32-31-36-51-40-43)46(48(55)56)41(3)52(42(4)47(50)49(57)58)37-39-60-45(54)34-30-28-26-24-22-20-18-16-14-12-10-8-6-2/h31-32,36,40H,5-30,33-35,37-39H2,1-4H3,(H,55,56)(H,57,58). The minimum Gasteiger partial charge on any atom is -0.478 e. The predicted octanol–water partition coefficient (Wildman–Crippen LogP) is 12.8. The monoisotopic (exact) mass is 839 g/mol. The van der Waals surface area contributed by atoms with Gasteiger partial charge in [-0.3, -0.25) is 14.6 Å². The number of hydrogen-bond donors (Lipinski definition) is 2. The van der Waals surface area contributed by atoms with E-state index in [0.29, 0.717) is 29.8 Å². The molecule has 0 saturated heterocycles. The van der Waals surface area contributed by atoms with E-state index in [9.17, 15) is 29.4 Å². The molecule has 0 bridgehead atoms. The lowest BCUT2D eigenvalue weighted by atomic mass is 9.64. The Morgan fingerprint density at radius 2 is 0.933 bits per heavy atom. The summed E-state index contributed by atoms with van der Waals surface area (Å²) in [7, 11) is 0.